The van der Waals surface area contributed by atoms with Crippen molar-refractivity contribution in [1.82, 2.24) is 5.32 Å². The molecule has 11 heteroatoms. The zero-order chi connectivity index (χ0) is 47.6. The highest BCUT2D eigenvalue weighted by Gasteiger charge is 2.47. The van der Waals surface area contributed by atoms with Gasteiger partial charge in [0.05, 0.1) is 25.4 Å². The number of aliphatic hydroxyl groups is 5. The fraction of sp³-hybridized carbons (Fsp3) is 0.741. The number of hydrogen-bond donors (Lipinski definition) is 6. The normalized spacial score (nSPS) is 20.9. The minimum absolute atomic E-state index is 0.105. The van der Waals surface area contributed by atoms with Crippen LogP contribution in [0.4, 0.5) is 0 Å². The molecule has 1 rings (SSSR count). The maximum absolute atomic E-state index is 13.3. The van der Waals surface area contributed by atoms with Gasteiger partial charge in [-0.2, -0.15) is 0 Å². The third-order valence-electron chi connectivity index (χ3n) is 11.7. The standard InChI is InChI=1S/C54H93NO10/c1-4-7-10-13-16-19-22-24-27-28-31-34-37-40-46(57)45(55-53(62)47(58)41-38-35-32-29-26-23-20-17-14-11-8-5-2)44-63-54-52(51(61)50(60)48(43-56)64-54)65-49(59)42-39-36-33-30-25-21-18-15-12-9-6-3/h8,11,14-15,17-18,20,23,26,29,37,40,45-48,50-52,54,56-58,60-61H,4-7,9-10,12-13,16,19,21-22,24-25,27-28,30-36,38-39,41-44H2,1-3H3,(H,55,62)/b11-8+,17-14+,18-15-,23-20-,29-26-,40-37+. The van der Waals surface area contributed by atoms with Crippen LogP contribution in [0.1, 0.15) is 194 Å². The van der Waals surface area contributed by atoms with Crippen LogP contribution in [0.15, 0.2) is 72.9 Å². The molecular formula is C54H93NO10. The summed E-state index contributed by atoms with van der Waals surface area (Å²) in [5.41, 5.74) is 0. The lowest BCUT2D eigenvalue weighted by Gasteiger charge is -2.41. The lowest BCUT2D eigenvalue weighted by Crippen LogP contribution is -2.61. The second-order valence-electron chi connectivity index (χ2n) is 17.6. The Hall–Kier alpha value is -2.90. The zero-order valence-electron chi connectivity index (χ0n) is 40.8. The largest absolute Gasteiger partial charge is 0.454 e. The van der Waals surface area contributed by atoms with Crippen molar-refractivity contribution in [2.75, 3.05) is 13.2 Å². The number of allylic oxidation sites excluding steroid dienone is 11. The Bertz CT molecular complexity index is 1330. The van der Waals surface area contributed by atoms with Crippen molar-refractivity contribution >= 4 is 11.9 Å². The number of nitrogens with one attached hydrogen (secondary N) is 1. The monoisotopic (exact) mass is 916 g/mol. The SMILES string of the molecule is CC/C=C/C=C/C=C\C=C/CCCCC(O)C(=O)NC(COC1OC(CO)C(O)C(O)C1OC(=O)CCCCCCC/C=C\CCCC)C(O)/C=C/CCCCCCCCCCCCC. The molecule has 1 aliphatic heterocycles. The minimum Gasteiger partial charge on any atom is -0.454 e. The lowest BCUT2D eigenvalue weighted by molar-refractivity contribution is -0.305. The zero-order valence-corrected chi connectivity index (χ0v) is 40.8. The van der Waals surface area contributed by atoms with E-state index in [9.17, 15) is 35.1 Å². The second-order valence-corrected chi connectivity index (χ2v) is 17.6. The molecule has 6 N–H and O–H groups in total. The molecule has 0 saturated carbocycles. The van der Waals surface area contributed by atoms with E-state index in [2.05, 4.69) is 44.3 Å². The number of ether oxygens (including phenoxy) is 3. The molecule has 8 atom stereocenters. The number of aliphatic hydroxyl groups excluding tert-OH is 5. The third kappa shape index (κ3) is 31.7. The van der Waals surface area contributed by atoms with E-state index in [1.165, 1.54) is 64.2 Å². The number of carbonyl (C=O) groups excluding carboxylic acids is 2. The number of hydrogen-bond acceptors (Lipinski definition) is 10. The van der Waals surface area contributed by atoms with Crippen molar-refractivity contribution in [3.8, 4) is 0 Å². The number of unbranched alkanes of at least 4 members (excludes halogenated alkanes) is 20. The van der Waals surface area contributed by atoms with Crippen LogP contribution in [-0.2, 0) is 23.8 Å². The Labute approximate surface area is 394 Å². The number of carbonyl (C=O) groups is 2. The van der Waals surface area contributed by atoms with Gasteiger partial charge in [0, 0.05) is 6.42 Å². The first-order valence-electron chi connectivity index (χ1n) is 25.8. The van der Waals surface area contributed by atoms with Gasteiger partial charge in [-0.1, -0.05) is 196 Å². The average Bonchev–Trinajstić information content (AvgIpc) is 3.30. The quantitative estimate of drug-likeness (QED) is 0.0150. The van der Waals surface area contributed by atoms with E-state index in [0.717, 1.165) is 83.5 Å². The number of amides is 1. The van der Waals surface area contributed by atoms with E-state index in [1.54, 1.807) is 6.08 Å². The van der Waals surface area contributed by atoms with Crippen LogP contribution in [0.3, 0.4) is 0 Å². The molecule has 8 unspecified atom stereocenters. The Morgan fingerprint density at radius 3 is 1.75 bits per heavy atom. The smallest absolute Gasteiger partial charge is 0.306 e. The molecule has 0 spiro atoms. The third-order valence-corrected chi connectivity index (χ3v) is 11.7. The number of rotatable bonds is 41. The van der Waals surface area contributed by atoms with Crippen molar-refractivity contribution in [3.63, 3.8) is 0 Å². The van der Waals surface area contributed by atoms with Gasteiger partial charge >= 0.3 is 5.97 Å². The van der Waals surface area contributed by atoms with Gasteiger partial charge in [-0.05, 0) is 64.2 Å². The van der Waals surface area contributed by atoms with Crippen LogP contribution in [0.25, 0.3) is 0 Å². The average molecular weight is 916 g/mol. The van der Waals surface area contributed by atoms with E-state index in [4.69, 9.17) is 14.2 Å². The highest BCUT2D eigenvalue weighted by Crippen LogP contribution is 2.26. The van der Waals surface area contributed by atoms with Gasteiger partial charge < -0.3 is 45.1 Å². The summed E-state index contributed by atoms with van der Waals surface area (Å²) in [5, 5.41) is 56.5. The van der Waals surface area contributed by atoms with Crippen LogP contribution < -0.4 is 5.32 Å². The fourth-order valence-electron chi connectivity index (χ4n) is 7.52. The fourth-order valence-corrected chi connectivity index (χ4v) is 7.52. The summed E-state index contributed by atoms with van der Waals surface area (Å²) in [7, 11) is 0. The second kappa shape index (κ2) is 42.5. The first-order valence-corrected chi connectivity index (χ1v) is 25.8. The van der Waals surface area contributed by atoms with E-state index >= 15 is 0 Å². The molecule has 1 saturated heterocycles. The highest BCUT2D eigenvalue weighted by atomic mass is 16.7. The van der Waals surface area contributed by atoms with E-state index < -0.39 is 67.4 Å². The molecule has 0 aromatic rings. The lowest BCUT2D eigenvalue weighted by atomic mass is 9.99. The van der Waals surface area contributed by atoms with Gasteiger partial charge in [-0.3, -0.25) is 9.59 Å². The van der Waals surface area contributed by atoms with E-state index in [-0.39, 0.29) is 19.4 Å². The summed E-state index contributed by atoms with van der Waals surface area (Å²) < 4.78 is 17.5. The van der Waals surface area contributed by atoms with Gasteiger partial charge in [-0.25, -0.2) is 0 Å². The molecule has 1 aliphatic rings. The minimum atomic E-state index is -1.62. The molecule has 0 bridgehead atoms. The Morgan fingerprint density at radius 2 is 1.14 bits per heavy atom. The van der Waals surface area contributed by atoms with E-state index in [1.807, 2.05) is 48.6 Å². The molecule has 0 aromatic heterocycles. The van der Waals surface area contributed by atoms with Gasteiger partial charge in [0.15, 0.2) is 12.4 Å². The van der Waals surface area contributed by atoms with Crippen molar-refractivity contribution in [2.45, 2.75) is 243 Å². The summed E-state index contributed by atoms with van der Waals surface area (Å²) in [6, 6.07) is -1.05. The molecule has 65 heavy (non-hydrogen) atoms. The molecule has 11 nitrogen and oxygen atoms in total. The molecule has 1 amide bonds. The number of esters is 1. The van der Waals surface area contributed by atoms with Crippen molar-refractivity contribution in [1.29, 1.82) is 0 Å². The summed E-state index contributed by atoms with van der Waals surface area (Å²) in [6.07, 6.45) is 41.1. The molecule has 1 fully saturated rings. The topological polar surface area (TPSA) is 175 Å². The van der Waals surface area contributed by atoms with Crippen molar-refractivity contribution in [3.05, 3.63) is 72.9 Å². The molecule has 374 valence electrons. The molecule has 0 aliphatic carbocycles. The van der Waals surface area contributed by atoms with Gasteiger partial charge in [-0.15, -0.1) is 0 Å². The van der Waals surface area contributed by atoms with E-state index in [0.29, 0.717) is 12.8 Å². The summed E-state index contributed by atoms with van der Waals surface area (Å²) in [4.78, 5) is 26.3. The van der Waals surface area contributed by atoms with Gasteiger partial charge in [0.2, 0.25) is 5.91 Å². The van der Waals surface area contributed by atoms with Crippen LogP contribution in [0.2, 0.25) is 0 Å². The molecule has 0 radical (unpaired) electrons. The van der Waals surface area contributed by atoms with Gasteiger partial charge in [0.1, 0.15) is 24.4 Å². The maximum Gasteiger partial charge on any atom is 0.306 e. The predicted octanol–water partition coefficient (Wildman–Crippen LogP) is 10.5. The molecule has 1 heterocycles. The summed E-state index contributed by atoms with van der Waals surface area (Å²) in [5.74, 6) is -1.25. The van der Waals surface area contributed by atoms with Gasteiger partial charge in [0.25, 0.3) is 0 Å². The van der Waals surface area contributed by atoms with Crippen LogP contribution in [0, 0.1) is 0 Å². The molecular weight excluding hydrogens is 823 g/mol. The Balaban J connectivity index is 2.84. The molecule has 0 aromatic carbocycles. The predicted molar refractivity (Wildman–Crippen MR) is 264 cm³/mol. The summed E-state index contributed by atoms with van der Waals surface area (Å²) >= 11 is 0. The first kappa shape index (κ1) is 60.1. The first-order chi connectivity index (χ1) is 31.7. The highest BCUT2D eigenvalue weighted by molar-refractivity contribution is 5.80. The van der Waals surface area contributed by atoms with Crippen LogP contribution in [-0.4, -0.2) is 99.6 Å². The van der Waals surface area contributed by atoms with Crippen molar-refractivity contribution in [2.24, 2.45) is 0 Å². The maximum atomic E-state index is 13.3. The Morgan fingerprint density at radius 1 is 0.615 bits per heavy atom. The van der Waals surface area contributed by atoms with Crippen LogP contribution >= 0.6 is 0 Å². The van der Waals surface area contributed by atoms with Crippen LogP contribution in [0.5, 0.6) is 0 Å². The Kier molecular flexibility index (Phi) is 39.3. The summed E-state index contributed by atoms with van der Waals surface area (Å²) in [6.45, 7) is 5.53. The van der Waals surface area contributed by atoms with Crippen molar-refractivity contribution < 1.29 is 49.3 Å².